The smallest absolute Gasteiger partial charge is 0.350 e. The number of alkyl halides is 6. The van der Waals surface area contributed by atoms with Crippen molar-refractivity contribution < 1.29 is 22.4 Å². The second-order valence-corrected chi connectivity index (χ2v) is 7.85. The average Bonchev–Trinajstić information content (AvgIpc) is 3.44. The van der Waals surface area contributed by atoms with Gasteiger partial charge in [0, 0.05) is 18.3 Å². The predicted octanol–water partition coefficient (Wildman–Crippen LogP) is 5.07. The number of halogens is 6. The molecule has 150 valence electrons. The van der Waals surface area contributed by atoms with E-state index in [0.717, 1.165) is 18.3 Å². The van der Waals surface area contributed by atoms with Crippen molar-refractivity contribution in [2.75, 3.05) is 6.54 Å². The molecule has 1 saturated carbocycles. The highest BCUT2D eigenvalue weighted by atomic mass is 35.5. The second-order valence-electron chi connectivity index (χ2n) is 6.74. The molecule has 0 aliphatic heterocycles. The summed E-state index contributed by atoms with van der Waals surface area (Å²) >= 11 is 12.9. The number of hydrogen-bond acceptors (Lipinski definition) is 2. The van der Waals surface area contributed by atoms with Crippen molar-refractivity contribution in [3.05, 3.63) is 65.5 Å². The summed E-state index contributed by atoms with van der Waals surface area (Å²) in [7, 11) is 0. The fourth-order valence-electron chi connectivity index (χ4n) is 2.83. The van der Waals surface area contributed by atoms with Crippen LogP contribution in [0.4, 0.5) is 17.6 Å². The molecule has 0 radical (unpaired) electrons. The van der Waals surface area contributed by atoms with Gasteiger partial charge in [0.05, 0.1) is 5.38 Å². The Kier molecular flexibility index (Phi) is 5.60. The monoisotopic (exact) mass is 434 g/mol. The zero-order chi connectivity index (χ0) is 20.6. The fraction of sp³-hybridized carbons (Fsp3) is 0.368. The van der Waals surface area contributed by atoms with E-state index in [1.165, 1.54) is 0 Å². The summed E-state index contributed by atoms with van der Waals surface area (Å²) < 4.78 is 53.0. The molecule has 1 N–H and O–H groups in total. The minimum absolute atomic E-state index is 0.0967. The van der Waals surface area contributed by atoms with E-state index in [-0.39, 0.29) is 24.9 Å². The molecule has 28 heavy (non-hydrogen) atoms. The Labute approximate surface area is 169 Å². The first kappa shape index (κ1) is 20.9. The predicted molar refractivity (Wildman–Crippen MR) is 98.3 cm³/mol. The SMILES string of the molecule is O=C(NCC(Cl)(c1ccc(C(F)(F)F)nc1)C(Cl)C1(F)CC1)c1ccccc1. The lowest BCUT2D eigenvalue weighted by Crippen LogP contribution is -2.47. The standard InChI is InChI=1S/C19H16Cl2F4N2O/c20-16(17(22)8-9-17)18(21,11-27-15(28)12-4-2-1-3-5-12)13-6-7-14(26-10-13)19(23,24)25/h1-7,10,16H,8-9,11H2,(H,27,28). The highest BCUT2D eigenvalue weighted by Crippen LogP contribution is 2.53. The number of hydrogen-bond donors (Lipinski definition) is 1. The minimum atomic E-state index is -4.62. The maximum Gasteiger partial charge on any atom is 0.433 e. The van der Waals surface area contributed by atoms with Crippen molar-refractivity contribution in [2.24, 2.45) is 0 Å². The Morgan fingerprint density at radius 1 is 1.18 bits per heavy atom. The normalized spacial score (nSPS) is 18.8. The first-order valence-corrected chi connectivity index (χ1v) is 9.27. The van der Waals surface area contributed by atoms with Crippen LogP contribution in [0.1, 0.15) is 34.5 Å². The average molecular weight is 435 g/mol. The number of nitrogens with one attached hydrogen (secondary N) is 1. The molecule has 1 aromatic heterocycles. The Balaban J connectivity index is 1.87. The molecule has 1 aliphatic rings. The van der Waals surface area contributed by atoms with Crippen molar-refractivity contribution in [1.29, 1.82) is 0 Å². The molecule has 9 heteroatoms. The lowest BCUT2D eigenvalue weighted by atomic mass is 9.91. The summed E-state index contributed by atoms with van der Waals surface area (Å²) in [5.41, 5.74) is -2.39. The van der Waals surface area contributed by atoms with Crippen LogP contribution in [-0.4, -0.2) is 28.5 Å². The highest BCUT2D eigenvalue weighted by molar-refractivity contribution is 6.33. The van der Waals surface area contributed by atoms with Crippen LogP contribution in [0.25, 0.3) is 0 Å². The molecule has 3 nitrogen and oxygen atoms in total. The molecule has 0 saturated heterocycles. The molecular formula is C19H16Cl2F4N2O. The number of pyridine rings is 1. The third-order valence-electron chi connectivity index (χ3n) is 4.66. The van der Waals surface area contributed by atoms with Gasteiger partial charge in [0.1, 0.15) is 16.2 Å². The summed E-state index contributed by atoms with van der Waals surface area (Å²) in [6.07, 6.45) is -3.31. The Hall–Kier alpha value is -1.86. The lowest BCUT2D eigenvalue weighted by Gasteiger charge is -2.34. The zero-order valence-electron chi connectivity index (χ0n) is 14.4. The van der Waals surface area contributed by atoms with Crippen molar-refractivity contribution in [3.8, 4) is 0 Å². The summed E-state index contributed by atoms with van der Waals surface area (Å²) in [5.74, 6) is -0.460. The molecule has 1 amide bonds. The van der Waals surface area contributed by atoms with Crippen LogP contribution < -0.4 is 5.32 Å². The number of benzene rings is 1. The van der Waals surface area contributed by atoms with Gasteiger partial charge < -0.3 is 5.32 Å². The van der Waals surface area contributed by atoms with E-state index in [0.29, 0.717) is 5.56 Å². The Morgan fingerprint density at radius 3 is 2.32 bits per heavy atom. The third kappa shape index (κ3) is 4.25. The van der Waals surface area contributed by atoms with Gasteiger partial charge in [-0.2, -0.15) is 13.2 Å². The van der Waals surface area contributed by atoms with E-state index < -0.39 is 33.7 Å². The second kappa shape index (κ2) is 7.52. The first-order chi connectivity index (χ1) is 13.1. The van der Waals surface area contributed by atoms with Crippen LogP contribution in [-0.2, 0) is 11.1 Å². The molecule has 1 fully saturated rings. The summed E-state index contributed by atoms with van der Waals surface area (Å²) in [6.45, 7) is -0.283. The number of carbonyl (C=O) groups is 1. The molecule has 1 aliphatic carbocycles. The van der Waals surface area contributed by atoms with Gasteiger partial charge in [-0.3, -0.25) is 9.78 Å². The van der Waals surface area contributed by atoms with Gasteiger partial charge >= 0.3 is 6.18 Å². The number of aromatic nitrogens is 1. The maximum absolute atomic E-state index is 14.7. The van der Waals surface area contributed by atoms with Crippen molar-refractivity contribution in [3.63, 3.8) is 0 Å². The molecule has 2 atom stereocenters. The third-order valence-corrected chi connectivity index (χ3v) is 6.10. The van der Waals surface area contributed by atoms with E-state index in [4.69, 9.17) is 23.2 Å². The lowest BCUT2D eigenvalue weighted by molar-refractivity contribution is -0.141. The zero-order valence-corrected chi connectivity index (χ0v) is 16.0. The van der Waals surface area contributed by atoms with E-state index in [9.17, 15) is 22.4 Å². The van der Waals surface area contributed by atoms with Gasteiger partial charge in [-0.25, -0.2) is 4.39 Å². The van der Waals surface area contributed by atoms with Gasteiger partial charge in [0.15, 0.2) is 0 Å². The largest absolute Gasteiger partial charge is 0.433 e. The minimum Gasteiger partial charge on any atom is -0.350 e. The summed E-state index contributed by atoms with van der Waals surface area (Å²) in [6, 6.07) is 10.1. The molecular weight excluding hydrogens is 419 g/mol. The van der Waals surface area contributed by atoms with Gasteiger partial charge in [-0.05, 0) is 36.6 Å². The van der Waals surface area contributed by atoms with Crippen LogP contribution in [0.3, 0.4) is 0 Å². The highest BCUT2D eigenvalue weighted by Gasteiger charge is 2.58. The van der Waals surface area contributed by atoms with Crippen LogP contribution in [0.5, 0.6) is 0 Å². The number of carbonyl (C=O) groups excluding carboxylic acids is 1. The van der Waals surface area contributed by atoms with E-state index in [1.54, 1.807) is 30.3 Å². The molecule has 1 heterocycles. The molecule has 0 bridgehead atoms. The molecule has 2 unspecified atom stereocenters. The van der Waals surface area contributed by atoms with Gasteiger partial charge in [0.2, 0.25) is 0 Å². The van der Waals surface area contributed by atoms with E-state index in [1.807, 2.05) is 0 Å². The summed E-state index contributed by atoms with van der Waals surface area (Å²) in [4.78, 5) is 14.0. The van der Waals surface area contributed by atoms with Gasteiger partial charge in [-0.1, -0.05) is 24.3 Å². The number of nitrogens with zero attached hydrogens (tertiary/aromatic N) is 1. The van der Waals surface area contributed by atoms with Crippen LogP contribution in [0, 0.1) is 0 Å². The van der Waals surface area contributed by atoms with E-state index >= 15 is 0 Å². The van der Waals surface area contributed by atoms with Gasteiger partial charge in [0.25, 0.3) is 5.91 Å². The van der Waals surface area contributed by atoms with Crippen LogP contribution >= 0.6 is 23.2 Å². The first-order valence-electron chi connectivity index (χ1n) is 8.45. The van der Waals surface area contributed by atoms with Crippen molar-refractivity contribution in [2.45, 2.75) is 34.9 Å². The molecule has 0 spiro atoms. The van der Waals surface area contributed by atoms with Crippen LogP contribution in [0.2, 0.25) is 0 Å². The number of rotatable bonds is 6. The molecule has 3 rings (SSSR count). The quantitative estimate of drug-likeness (QED) is 0.509. The Morgan fingerprint density at radius 2 is 1.82 bits per heavy atom. The topological polar surface area (TPSA) is 42.0 Å². The maximum atomic E-state index is 14.7. The van der Waals surface area contributed by atoms with E-state index in [2.05, 4.69) is 10.3 Å². The van der Waals surface area contributed by atoms with Crippen LogP contribution in [0.15, 0.2) is 48.7 Å². The summed E-state index contributed by atoms with van der Waals surface area (Å²) in [5, 5.41) is 1.32. The van der Waals surface area contributed by atoms with Crippen molar-refractivity contribution >= 4 is 29.1 Å². The molecule has 2 aromatic rings. The Bertz CT molecular complexity index is 841. The number of amides is 1. The van der Waals surface area contributed by atoms with Gasteiger partial charge in [-0.15, -0.1) is 23.2 Å². The fourth-order valence-corrected chi connectivity index (χ4v) is 3.62. The molecule has 1 aromatic carbocycles. The van der Waals surface area contributed by atoms with Crippen molar-refractivity contribution in [1.82, 2.24) is 10.3 Å².